The second-order valence-electron chi connectivity index (χ2n) is 11.0. The predicted molar refractivity (Wildman–Crippen MR) is 152 cm³/mol. The van der Waals surface area contributed by atoms with Gasteiger partial charge in [0, 0.05) is 38.8 Å². The van der Waals surface area contributed by atoms with Crippen LogP contribution in [-0.4, -0.2) is 62.3 Å². The summed E-state index contributed by atoms with van der Waals surface area (Å²) >= 11 is 8.08. The van der Waals surface area contributed by atoms with E-state index >= 15 is 4.39 Å². The van der Waals surface area contributed by atoms with Gasteiger partial charge in [0.05, 0.1) is 40.7 Å². The Morgan fingerprint density at radius 3 is 2.44 bits per heavy atom. The molecule has 3 fully saturated rings. The fourth-order valence-electron chi connectivity index (χ4n) is 5.83. The van der Waals surface area contributed by atoms with Crippen LogP contribution in [0.3, 0.4) is 0 Å². The molecule has 1 saturated carbocycles. The molecule has 1 aliphatic carbocycles. The molecule has 0 bridgehead atoms. The van der Waals surface area contributed by atoms with Gasteiger partial charge in [-0.2, -0.15) is 13.2 Å². The number of thiophene rings is 1. The molecule has 2 saturated heterocycles. The van der Waals surface area contributed by atoms with E-state index in [0.29, 0.717) is 37.4 Å². The maximum Gasteiger partial charge on any atom is 0.490 e. The number of carboxylic acids is 1. The molecule has 2 aliphatic heterocycles. The number of rotatable bonds is 5. The molecule has 2 N–H and O–H groups in total. The second-order valence-corrected chi connectivity index (χ2v) is 12.6. The number of nitrogens with one attached hydrogen (secondary N) is 1. The Labute approximate surface area is 251 Å². The molecule has 1 aromatic carbocycles. The first-order valence-electron chi connectivity index (χ1n) is 13.6. The van der Waals surface area contributed by atoms with Crippen molar-refractivity contribution in [2.45, 2.75) is 44.2 Å². The third kappa shape index (κ3) is 5.73. The zero-order valence-corrected chi connectivity index (χ0v) is 24.0. The third-order valence-corrected chi connectivity index (χ3v) is 9.41. The first-order valence-corrected chi connectivity index (χ1v) is 14.8. The number of benzene rings is 1. The highest BCUT2D eigenvalue weighted by molar-refractivity contribution is 7.19. The minimum Gasteiger partial charge on any atom is -0.475 e. The van der Waals surface area contributed by atoms with E-state index in [1.807, 2.05) is 41.1 Å². The summed E-state index contributed by atoms with van der Waals surface area (Å²) in [4.78, 5) is 40.7. The number of hydrogen-bond acceptors (Lipinski definition) is 6. The lowest BCUT2D eigenvalue weighted by Gasteiger charge is -2.31. The molecule has 5 heterocycles. The third-order valence-electron chi connectivity index (χ3n) is 8.05. The summed E-state index contributed by atoms with van der Waals surface area (Å²) < 4.78 is 50.4. The van der Waals surface area contributed by atoms with Crippen LogP contribution in [0.2, 0.25) is 5.02 Å². The molecule has 3 aliphatic rings. The summed E-state index contributed by atoms with van der Waals surface area (Å²) in [6.07, 6.45) is 0.298. The fraction of sp³-hybridized carbons (Fsp3) is 0.379. The van der Waals surface area contributed by atoms with Gasteiger partial charge in [-0.15, -0.1) is 11.3 Å². The molecule has 8 nitrogen and oxygen atoms in total. The van der Waals surface area contributed by atoms with E-state index in [0.717, 1.165) is 37.1 Å². The van der Waals surface area contributed by atoms with E-state index in [9.17, 15) is 22.8 Å². The normalized spacial score (nSPS) is 21.2. The summed E-state index contributed by atoms with van der Waals surface area (Å²) in [5.41, 5.74) is 2.39. The van der Waals surface area contributed by atoms with Crippen LogP contribution in [0.5, 0.6) is 0 Å². The average molecular weight is 637 g/mol. The minimum absolute atomic E-state index is 0.0527. The van der Waals surface area contributed by atoms with Gasteiger partial charge in [-0.25, -0.2) is 9.18 Å². The number of nitrogens with zero attached hydrogens (tertiary/aromatic N) is 3. The summed E-state index contributed by atoms with van der Waals surface area (Å²) in [6.45, 7) is 1.94. The van der Waals surface area contributed by atoms with Crippen LogP contribution in [-0.2, 0) is 27.5 Å². The number of piperidine rings is 2. The number of fused-ring (bicyclic) bond motifs is 3. The van der Waals surface area contributed by atoms with Crippen LogP contribution in [0.1, 0.15) is 24.1 Å². The zero-order chi connectivity index (χ0) is 30.7. The van der Waals surface area contributed by atoms with Gasteiger partial charge in [-0.1, -0.05) is 11.6 Å². The van der Waals surface area contributed by atoms with E-state index in [4.69, 9.17) is 21.5 Å². The van der Waals surface area contributed by atoms with Gasteiger partial charge >= 0.3 is 12.1 Å². The van der Waals surface area contributed by atoms with Crippen molar-refractivity contribution in [3.63, 3.8) is 0 Å². The summed E-state index contributed by atoms with van der Waals surface area (Å²) in [5, 5.41) is 11.9. The number of aromatic nitrogens is 2. The fourth-order valence-corrected chi connectivity index (χ4v) is 7.18. The summed E-state index contributed by atoms with van der Waals surface area (Å²) in [6, 6.07) is 9.76. The average Bonchev–Trinajstić information content (AvgIpc) is 3.40. The zero-order valence-electron chi connectivity index (χ0n) is 22.5. The summed E-state index contributed by atoms with van der Waals surface area (Å²) in [5.74, 6) is -3.07. The molecule has 2 amide bonds. The van der Waals surface area contributed by atoms with Gasteiger partial charge in [0.25, 0.3) is 0 Å². The molecule has 7 rings (SSSR count). The van der Waals surface area contributed by atoms with Crippen molar-refractivity contribution in [2.75, 3.05) is 13.1 Å². The highest BCUT2D eigenvalue weighted by Gasteiger charge is 2.58. The lowest BCUT2D eigenvalue weighted by Crippen LogP contribution is -2.41. The number of likely N-dealkylation sites (tertiary alicyclic amines) is 1. The van der Waals surface area contributed by atoms with Crippen molar-refractivity contribution < 1.29 is 37.1 Å². The van der Waals surface area contributed by atoms with Gasteiger partial charge in [0.1, 0.15) is 5.67 Å². The second kappa shape index (κ2) is 10.9. The standard InChI is InChI=1S/C27H24ClFN4O2S.C2HF3O2/c28-16-9-15-2-8-32(14-27(29)3-6-30-7-4-27)23(15)19(10-16)18-1-5-31-22-11-17(36-24(18)22)13-33-25(34)20-12-21(20)26(33)35;3-2(4,5)1(6)7/h1-2,5,8-11,20-21,30H,3-4,6-7,12-14H2;(H,6,7). The predicted octanol–water partition coefficient (Wildman–Crippen LogP) is 5.80. The number of amides is 2. The number of carbonyl (C=O) groups excluding carboxylic acids is 2. The highest BCUT2D eigenvalue weighted by Crippen LogP contribution is 2.48. The smallest absolute Gasteiger partial charge is 0.475 e. The van der Waals surface area contributed by atoms with Crippen LogP contribution >= 0.6 is 22.9 Å². The Morgan fingerprint density at radius 2 is 1.79 bits per heavy atom. The molecule has 4 aromatic rings. The highest BCUT2D eigenvalue weighted by atomic mass is 35.5. The van der Waals surface area contributed by atoms with Crippen molar-refractivity contribution in [1.82, 2.24) is 19.8 Å². The first kappa shape index (κ1) is 29.5. The number of pyridine rings is 1. The van der Waals surface area contributed by atoms with E-state index in [1.54, 1.807) is 17.5 Å². The molecular weight excluding hydrogens is 612 g/mol. The molecular formula is C29H25ClF4N4O4S. The van der Waals surface area contributed by atoms with Gasteiger partial charge in [0.15, 0.2) is 0 Å². The van der Waals surface area contributed by atoms with Crippen LogP contribution in [0.15, 0.2) is 42.7 Å². The number of alkyl halides is 4. The maximum absolute atomic E-state index is 15.7. The van der Waals surface area contributed by atoms with Crippen LogP contribution in [0, 0.1) is 11.8 Å². The quantitative estimate of drug-likeness (QED) is 0.212. The number of halogens is 5. The lowest BCUT2D eigenvalue weighted by molar-refractivity contribution is -0.192. The monoisotopic (exact) mass is 636 g/mol. The Morgan fingerprint density at radius 1 is 1.12 bits per heavy atom. The van der Waals surface area contributed by atoms with E-state index < -0.39 is 17.8 Å². The Kier molecular flexibility index (Phi) is 7.46. The molecule has 0 spiro atoms. The number of carbonyl (C=O) groups is 3. The minimum atomic E-state index is -5.08. The van der Waals surface area contributed by atoms with Crippen LogP contribution in [0.25, 0.3) is 32.2 Å². The van der Waals surface area contributed by atoms with E-state index in [-0.39, 0.29) is 36.7 Å². The van der Waals surface area contributed by atoms with Crippen molar-refractivity contribution >= 4 is 61.8 Å². The van der Waals surface area contributed by atoms with Crippen LogP contribution in [0.4, 0.5) is 17.6 Å². The van der Waals surface area contributed by atoms with E-state index in [1.165, 1.54) is 4.90 Å². The number of hydrogen-bond donors (Lipinski definition) is 2. The van der Waals surface area contributed by atoms with Crippen molar-refractivity contribution in [2.24, 2.45) is 11.8 Å². The Balaban J connectivity index is 0.000000423. The largest absolute Gasteiger partial charge is 0.490 e. The summed E-state index contributed by atoms with van der Waals surface area (Å²) in [7, 11) is 0. The SMILES string of the molecule is O=C(O)C(F)(F)F.O=C1C2CC2C(=O)N1Cc1cc2nccc(-c3cc(Cl)cc4ccn(CC5(F)CCNCC5)c34)c2s1. The van der Waals surface area contributed by atoms with Crippen LogP contribution < -0.4 is 5.32 Å². The van der Waals surface area contributed by atoms with Gasteiger partial charge in [0.2, 0.25) is 11.8 Å². The van der Waals surface area contributed by atoms with Crippen molar-refractivity contribution in [3.8, 4) is 11.1 Å². The van der Waals surface area contributed by atoms with Crippen molar-refractivity contribution in [1.29, 1.82) is 0 Å². The molecule has 3 aromatic heterocycles. The van der Waals surface area contributed by atoms with Gasteiger partial charge in [-0.3, -0.25) is 19.5 Å². The topological polar surface area (TPSA) is 105 Å². The Bertz CT molecular complexity index is 1740. The van der Waals surface area contributed by atoms with Gasteiger partial charge < -0.3 is 15.0 Å². The molecule has 43 heavy (non-hydrogen) atoms. The molecule has 226 valence electrons. The number of imide groups is 1. The lowest BCUT2D eigenvalue weighted by atomic mass is 9.94. The molecule has 0 radical (unpaired) electrons. The molecule has 2 unspecified atom stereocenters. The molecule has 2 atom stereocenters. The number of carboxylic acid groups (broad SMARTS) is 1. The maximum atomic E-state index is 15.7. The van der Waals surface area contributed by atoms with Crippen molar-refractivity contribution in [3.05, 3.63) is 52.6 Å². The Hall–Kier alpha value is -3.55. The first-order chi connectivity index (χ1) is 20.3. The number of aliphatic carboxylic acids is 1. The molecule has 14 heteroatoms. The van der Waals surface area contributed by atoms with E-state index in [2.05, 4.69) is 10.3 Å². The van der Waals surface area contributed by atoms with Gasteiger partial charge in [-0.05, 0) is 62.7 Å².